The summed E-state index contributed by atoms with van der Waals surface area (Å²) in [7, 11) is 0. The third-order valence-electron chi connectivity index (χ3n) is 3.81. The summed E-state index contributed by atoms with van der Waals surface area (Å²) in [6, 6.07) is 0. The van der Waals surface area contributed by atoms with Crippen molar-refractivity contribution < 1.29 is 14.3 Å². The number of carbonyl (C=O) groups is 1. The fourth-order valence-corrected chi connectivity index (χ4v) is 2.30. The Morgan fingerprint density at radius 3 is 2.53 bits per heavy atom. The van der Waals surface area contributed by atoms with E-state index < -0.39 is 5.41 Å². The minimum Gasteiger partial charge on any atom is -0.381 e. The van der Waals surface area contributed by atoms with Crippen molar-refractivity contribution in [3.05, 3.63) is 0 Å². The molecule has 2 heterocycles. The first-order chi connectivity index (χ1) is 8.27. The van der Waals surface area contributed by atoms with Crippen molar-refractivity contribution >= 4 is 5.91 Å². The highest BCUT2D eigenvalue weighted by Crippen LogP contribution is 2.26. The molecule has 98 valence electrons. The maximum Gasteiger partial charge on any atom is 0.232 e. The molecular formula is C12H22N2O3. The van der Waals surface area contributed by atoms with Crippen molar-refractivity contribution in [3.8, 4) is 0 Å². The quantitative estimate of drug-likeness (QED) is 0.706. The molecule has 17 heavy (non-hydrogen) atoms. The van der Waals surface area contributed by atoms with E-state index in [0.29, 0.717) is 25.7 Å². The Morgan fingerprint density at radius 2 is 2.00 bits per heavy atom. The summed E-state index contributed by atoms with van der Waals surface area (Å²) in [6.07, 6.45) is 3.26. The third-order valence-corrected chi connectivity index (χ3v) is 3.81. The maximum absolute atomic E-state index is 11.9. The smallest absolute Gasteiger partial charge is 0.232 e. The number of ether oxygens (including phenoxy) is 2. The Labute approximate surface area is 102 Å². The van der Waals surface area contributed by atoms with Gasteiger partial charge < -0.3 is 20.5 Å². The molecule has 1 amide bonds. The van der Waals surface area contributed by atoms with Gasteiger partial charge in [-0.25, -0.2) is 0 Å². The summed E-state index contributed by atoms with van der Waals surface area (Å²) in [4.78, 5) is 11.9. The van der Waals surface area contributed by atoms with Gasteiger partial charge in [-0.15, -0.1) is 0 Å². The zero-order chi connectivity index (χ0) is 12.1. The number of carbonyl (C=O) groups excluding carboxylic acids is 1. The normalized spacial score (nSPS) is 24.1. The van der Waals surface area contributed by atoms with Gasteiger partial charge in [0.25, 0.3) is 0 Å². The van der Waals surface area contributed by atoms with Crippen LogP contribution in [0, 0.1) is 11.3 Å². The predicted octanol–water partition coefficient (Wildman–Crippen LogP) is -0.105. The summed E-state index contributed by atoms with van der Waals surface area (Å²) in [5, 5.41) is 2.98. The first-order valence-electron chi connectivity index (χ1n) is 6.41. The summed E-state index contributed by atoms with van der Waals surface area (Å²) in [6.45, 7) is 3.76. The van der Waals surface area contributed by atoms with Gasteiger partial charge in [-0.3, -0.25) is 4.79 Å². The largest absolute Gasteiger partial charge is 0.381 e. The van der Waals surface area contributed by atoms with Gasteiger partial charge in [0.2, 0.25) is 5.91 Å². The van der Waals surface area contributed by atoms with E-state index in [4.69, 9.17) is 15.2 Å². The van der Waals surface area contributed by atoms with Crippen LogP contribution in [0.1, 0.15) is 19.3 Å². The van der Waals surface area contributed by atoms with E-state index in [1.54, 1.807) is 0 Å². The Hall–Kier alpha value is -0.650. The topological polar surface area (TPSA) is 73.6 Å². The van der Waals surface area contributed by atoms with Crippen LogP contribution in [0.4, 0.5) is 0 Å². The van der Waals surface area contributed by atoms with Crippen LogP contribution in [0.25, 0.3) is 0 Å². The average molecular weight is 242 g/mol. The van der Waals surface area contributed by atoms with E-state index in [2.05, 4.69) is 5.32 Å². The molecule has 2 aliphatic heterocycles. The molecule has 5 nitrogen and oxygen atoms in total. The van der Waals surface area contributed by atoms with E-state index in [1.165, 1.54) is 0 Å². The number of nitrogens with one attached hydrogen (secondary N) is 1. The second-order valence-electron chi connectivity index (χ2n) is 5.08. The van der Waals surface area contributed by atoms with Gasteiger partial charge in [-0.05, 0) is 25.2 Å². The Bertz CT molecular complexity index is 255. The Kier molecular flexibility index (Phi) is 4.36. The van der Waals surface area contributed by atoms with Crippen LogP contribution < -0.4 is 11.1 Å². The highest BCUT2D eigenvalue weighted by molar-refractivity contribution is 5.84. The van der Waals surface area contributed by atoms with E-state index in [9.17, 15) is 4.79 Å². The summed E-state index contributed by atoms with van der Waals surface area (Å²) in [5.41, 5.74) is 5.18. The molecule has 0 unspecified atom stereocenters. The van der Waals surface area contributed by atoms with Crippen molar-refractivity contribution in [1.29, 1.82) is 0 Å². The second kappa shape index (κ2) is 5.80. The molecule has 0 spiro atoms. The fraction of sp³-hybridized carbons (Fsp3) is 0.917. The molecule has 3 N–H and O–H groups in total. The van der Waals surface area contributed by atoms with Crippen molar-refractivity contribution in [2.75, 3.05) is 39.5 Å². The van der Waals surface area contributed by atoms with Crippen LogP contribution in [0.2, 0.25) is 0 Å². The zero-order valence-electron chi connectivity index (χ0n) is 10.2. The van der Waals surface area contributed by atoms with Gasteiger partial charge in [0.15, 0.2) is 0 Å². The molecule has 0 aromatic rings. The number of rotatable bonds is 5. The van der Waals surface area contributed by atoms with Crippen molar-refractivity contribution in [3.63, 3.8) is 0 Å². The molecule has 2 aliphatic rings. The summed E-state index contributed by atoms with van der Waals surface area (Å²) >= 11 is 0. The molecular weight excluding hydrogens is 220 g/mol. The SMILES string of the molecule is NCC1(C(=O)NCCC2CCOCC2)COC1. The van der Waals surface area contributed by atoms with Crippen molar-refractivity contribution in [2.45, 2.75) is 19.3 Å². The van der Waals surface area contributed by atoms with E-state index in [1.807, 2.05) is 0 Å². The lowest BCUT2D eigenvalue weighted by Gasteiger charge is -2.38. The van der Waals surface area contributed by atoms with Gasteiger partial charge >= 0.3 is 0 Å². The third kappa shape index (κ3) is 2.97. The van der Waals surface area contributed by atoms with E-state index >= 15 is 0 Å². The highest BCUT2D eigenvalue weighted by atomic mass is 16.5. The lowest BCUT2D eigenvalue weighted by Crippen LogP contribution is -2.58. The number of hydrogen-bond acceptors (Lipinski definition) is 4. The lowest BCUT2D eigenvalue weighted by atomic mass is 9.85. The van der Waals surface area contributed by atoms with Crippen molar-refractivity contribution in [1.82, 2.24) is 5.32 Å². The molecule has 0 aromatic carbocycles. The van der Waals surface area contributed by atoms with Gasteiger partial charge in [-0.2, -0.15) is 0 Å². The molecule has 0 aliphatic carbocycles. The standard InChI is InChI=1S/C12H22N2O3/c13-7-12(8-17-9-12)11(15)14-4-1-10-2-5-16-6-3-10/h10H,1-9,13H2,(H,14,15). The Balaban J connectivity index is 1.65. The van der Waals surface area contributed by atoms with Gasteiger partial charge in [0, 0.05) is 26.3 Å². The molecule has 0 saturated carbocycles. The van der Waals surface area contributed by atoms with Crippen LogP contribution in [-0.2, 0) is 14.3 Å². The lowest BCUT2D eigenvalue weighted by molar-refractivity contribution is -0.159. The van der Waals surface area contributed by atoms with Gasteiger partial charge in [0.05, 0.1) is 13.2 Å². The Morgan fingerprint density at radius 1 is 1.29 bits per heavy atom. The maximum atomic E-state index is 11.9. The fourth-order valence-electron chi connectivity index (χ4n) is 2.30. The van der Waals surface area contributed by atoms with E-state index in [-0.39, 0.29) is 5.91 Å². The van der Waals surface area contributed by atoms with E-state index in [0.717, 1.165) is 39.0 Å². The van der Waals surface area contributed by atoms with Crippen LogP contribution in [0.5, 0.6) is 0 Å². The van der Waals surface area contributed by atoms with Gasteiger partial charge in [-0.1, -0.05) is 0 Å². The first kappa shape index (κ1) is 12.8. The molecule has 0 bridgehead atoms. The average Bonchev–Trinajstić information content (AvgIpc) is 2.30. The molecule has 2 saturated heterocycles. The monoisotopic (exact) mass is 242 g/mol. The van der Waals surface area contributed by atoms with Crippen LogP contribution in [0.3, 0.4) is 0 Å². The predicted molar refractivity (Wildman–Crippen MR) is 63.5 cm³/mol. The minimum atomic E-state index is -0.449. The molecule has 0 radical (unpaired) electrons. The summed E-state index contributed by atoms with van der Waals surface area (Å²) in [5.74, 6) is 0.744. The molecule has 0 aromatic heterocycles. The van der Waals surface area contributed by atoms with Crippen LogP contribution in [-0.4, -0.2) is 45.4 Å². The molecule has 2 fully saturated rings. The first-order valence-corrected chi connectivity index (χ1v) is 6.41. The second-order valence-corrected chi connectivity index (χ2v) is 5.08. The molecule has 2 rings (SSSR count). The zero-order valence-corrected chi connectivity index (χ0v) is 10.2. The highest BCUT2D eigenvalue weighted by Gasteiger charge is 2.44. The summed E-state index contributed by atoms with van der Waals surface area (Å²) < 4.78 is 10.4. The molecule has 0 atom stereocenters. The van der Waals surface area contributed by atoms with Crippen molar-refractivity contribution in [2.24, 2.45) is 17.1 Å². The number of amides is 1. The van der Waals surface area contributed by atoms with Crippen LogP contribution in [0.15, 0.2) is 0 Å². The minimum absolute atomic E-state index is 0.0540. The van der Waals surface area contributed by atoms with Gasteiger partial charge in [0.1, 0.15) is 5.41 Å². The number of nitrogens with two attached hydrogens (primary N) is 1. The number of hydrogen-bond donors (Lipinski definition) is 2. The van der Waals surface area contributed by atoms with Crippen LogP contribution >= 0.6 is 0 Å². The molecule has 5 heteroatoms.